The summed E-state index contributed by atoms with van der Waals surface area (Å²) in [5, 5.41) is 21.0. The minimum absolute atomic E-state index is 0.0629. The third-order valence-electron chi connectivity index (χ3n) is 2.63. The molecule has 0 aliphatic heterocycles. The standard InChI is InChI=1S/C14H21NO3S/c1-11-3-5-12(6-4-11)7-19-8-13(17)15-9-14(2,18)10-16/h3-6,16,18H,7-10H2,1-2H3,(H,15,17). The third-order valence-corrected chi connectivity index (χ3v) is 3.63. The number of carbonyl (C=O) groups is 1. The molecule has 0 fully saturated rings. The van der Waals surface area contributed by atoms with E-state index in [1.807, 2.05) is 6.92 Å². The van der Waals surface area contributed by atoms with Gasteiger partial charge in [0.25, 0.3) is 0 Å². The van der Waals surface area contributed by atoms with Crippen LogP contribution in [0.4, 0.5) is 0 Å². The number of carbonyl (C=O) groups excluding carboxylic acids is 1. The van der Waals surface area contributed by atoms with Gasteiger partial charge in [0.05, 0.1) is 12.4 Å². The minimum Gasteiger partial charge on any atom is -0.393 e. The molecular formula is C14H21NO3S. The van der Waals surface area contributed by atoms with Crippen molar-refractivity contribution in [2.75, 3.05) is 18.9 Å². The fourth-order valence-corrected chi connectivity index (χ4v) is 2.16. The van der Waals surface area contributed by atoms with E-state index in [1.165, 1.54) is 29.8 Å². The summed E-state index contributed by atoms with van der Waals surface area (Å²) in [6.45, 7) is 3.21. The molecule has 0 saturated heterocycles. The van der Waals surface area contributed by atoms with E-state index >= 15 is 0 Å². The highest BCUT2D eigenvalue weighted by molar-refractivity contribution is 7.99. The number of nitrogens with one attached hydrogen (secondary N) is 1. The molecule has 1 aromatic rings. The molecule has 0 saturated carbocycles. The van der Waals surface area contributed by atoms with Crippen LogP contribution in [0.25, 0.3) is 0 Å². The fourth-order valence-electron chi connectivity index (χ4n) is 1.34. The van der Waals surface area contributed by atoms with Gasteiger partial charge >= 0.3 is 0 Å². The first-order valence-electron chi connectivity index (χ1n) is 6.16. The maximum atomic E-state index is 11.5. The first-order valence-corrected chi connectivity index (χ1v) is 7.32. The summed E-state index contributed by atoms with van der Waals surface area (Å²) in [6, 6.07) is 8.20. The molecule has 1 amide bonds. The Morgan fingerprint density at radius 1 is 1.37 bits per heavy atom. The molecule has 5 heteroatoms. The van der Waals surface area contributed by atoms with Crippen LogP contribution in [0.15, 0.2) is 24.3 Å². The summed E-state index contributed by atoms with van der Waals surface area (Å²) >= 11 is 1.52. The Kier molecular flexibility index (Phi) is 6.34. The van der Waals surface area contributed by atoms with Gasteiger partial charge < -0.3 is 15.5 Å². The van der Waals surface area contributed by atoms with Crippen LogP contribution in [0.3, 0.4) is 0 Å². The summed E-state index contributed by atoms with van der Waals surface area (Å²) in [5.74, 6) is 0.991. The topological polar surface area (TPSA) is 69.6 Å². The number of aryl methyl sites for hydroxylation is 1. The zero-order valence-electron chi connectivity index (χ0n) is 11.3. The van der Waals surface area contributed by atoms with Gasteiger partial charge in [-0.1, -0.05) is 29.8 Å². The SMILES string of the molecule is Cc1ccc(CSCC(=O)NCC(C)(O)CO)cc1. The molecule has 0 radical (unpaired) electrons. The second-order valence-electron chi connectivity index (χ2n) is 4.91. The van der Waals surface area contributed by atoms with E-state index in [2.05, 4.69) is 29.6 Å². The van der Waals surface area contributed by atoms with Crippen molar-refractivity contribution in [3.63, 3.8) is 0 Å². The smallest absolute Gasteiger partial charge is 0.230 e. The van der Waals surface area contributed by atoms with E-state index in [1.54, 1.807) is 0 Å². The van der Waals surface area contributed by atoms with E-state index in [0.29, 0.717) is 5.75 Å². The molecule has 0 aliphatic carbocycles. The summed E-state index contributed by atoms with van der Waals surface area (Å²) < 4.78 is 0. The molecule has 3 N–H and O–H groups in total. The van der Waals surface area contributed by atoms with Crippen LogP contribution in [0.1, 0.15) is 18.1 Å². The Labute approximate surface area is 118 Å². The Morgan fingerprint density at radius 2 is 2.00 bits per heavy atom. The van der Waals surface area contributed by atoms with Gasteiger partial charge in [-0.3, -0.25) is 4.79 Å². The predicted octanol–water partition coefficient (Wildman–Crippen LogP) is 1.09. The molecule has 4 nitrogen and oxygen atoms in total. The summed E-state index contributed by atoms with van der Waals surface area (Å²) in [7, 11) is 0. The number of benzene rings is 1. The number of aliphatic hydroxyl groups is 2. The van der Waals surface area contributed by atoms with Crippen molar-refractivity contribution in [2.24, 2.45) is 0 Å². The Balaban J connectivity index is 2.22. The molecular weight excluding hydrogens is 262 g/mol. The van der Waals surface area contributed by atoms with Crippen LogP contribution in [-0.4, -0.2) is 40.6 Å². The lowest BCUT2D eigenvalue weighted by atomic mass is 10.1. The maximum absolute atomic E-state index is 11.5. The van der Waals surface area contributed by atoms with Crippen LogP contribution in [-0.2, 0) is 10.5 Å². The molecule has 1 rings (SSSR count). The average molecular weight is 283 g/mol. The number of aliphatic hydroxyl groups excluding tert-OH is 1. The van der Waals surface area contributed by atoms with E-state index in [0.717, 1.165) is 5.75 Å². The number of thioether (sulfide) groups is 1. The van der Waals surface area contributed by atoms with E-state index < -0.39 is 5.60 Å². The largest absolute Gasteiger partial charge is 0.393 e. The maximum Gasteiger partial charge on any atom is 0.230 e. The van der Waals surface area contributed by atoms with E-state index in [-0.39, 0.29) is 19.1 Å². The lowest BCUT2D eigenvalue weighted by Crippen LogP contribution is -2.43. The lowest BCUT2D eigenvalue weighted by molar-refractivity contribution is -0.120. The highest BCUT2D eigenvalue weighted by atomic mass is 32.2. The van der Waals surface area contributed by atoms with Gasteiger partial charge in [0.2, 0.25) is 5.91 Å². The van der Waals surface area contributed by atoms with Crippen molar-refractivity contribution in [3.8, 4) is 0 Å². The van der Waals surface area contributed by atoms with Gasteiger partial charge in [0.1, 0.15) is 5.60 Å². The molecule has 1 atom stereocenters. The first-order chi connectivity index (χ1) is 8.93. The molecule has 1 unspecified atom stereocenters. The Morgan fingerprint density at radius 3 is 2.58 bits per heavy atom. The van der Waals surface area contributed by atoms with Crippen molar-refractivity contribution in [3.05, 3.63) is 35.4 Å². The average Bonchev–Trinajstić information content (AvgIpc) is 2.39. The number of rotatable bonds is 7. The second kappa shape index (κ2) is 7.53. The Hall–Kier alpha value is -1.04. The third kappa shape index (κ3) is 6.61. The monoisotopic (exact) mass is 283 g/mol. The van der Waals surface area contributed by atoms with Crippen LogP contribution < -0.4 is 5.32 Å². The van der Waals surface area contributed by atoms with Gasteiger partial charge in [0, 0.05) is 12.3 Å². The zero-order valence-corrected chi connectivity index (χ0v) is 12.2. The summed E-state index contributed by atoms with van der Waals surface area (Å²) in [6.07, 6.45) is 0. The van der Waals surface area contributed by atoms with Gasteiger partial charge in [-0.2, -0.15) is 0 Å². The molecule has 0 heterocycles. The van der Waals surface area contributed by atoms with Crippen LogP contribution >= 0.6 is 11.8 Å². The lowest BCUT2D eigenvalue weighted by Gasteiger charge is -2.20. The predicted molar refractivity (Wildman–Crippen MR) is 78.1 cm³/mol. The van der Waals surface area contributed by atoms with Crippen molar-refractivity contribution >= 4 is 17.7 Å². The first kappa shape index (κ1) is 16.0. The quantitative estimate of drug-likeness (QED) is 0.700. The van der Waals surface area contributed by atoms with Gasteiger partial charge in [0.15, 0.2) is 0 Å². The molecule has 0 bridgehead atoms. The highest BCUT2D eigenvalue weighted by Crippen LogP contribution is 2.12. The number of hydrogen-bond acceptors (Lipinski definition) is 4. The molecule has 106 valence electrons. The normalized spacial score (nSPS) is 13.9. The van der Waals surface area contributed by atoms with Crippen LogP contribution in [0, 0.1) is 6.92 Å². The summed E-state index contributed by atoms with van der Waals surface area (Å²) in [5.41, 5.74) is 1.15. The molecule has 19 heavy (non-hydrogen) atoms. The Bertz CT molecular complexity index is 404. The van der Waals surface area contributed by atoms with Crippen molar-refractivity contribution < 1.29 is 15.0 Å². The van der Waals surface area contributed by atoms with Crippen molar-refractivity contribution in [1.82, 2.24) is 5.32 Å². The highest BCUT2D eigenvalue weighted by Gasteiger charge is 2.19. The van der Waals surface area contributed by atoms with Crippen LogP contribution in [0.2, 0.25) is 0 Å². The van der Waals surface area contributed by atoms with Gasteiger partial charge in [-0.05, 0) is 19.4 Å². The summed E-state index contributed by atoms with van der Waals surface area (Å²) in [4.78, 5) is 11.5. The fraction of sp³-hybridized carbons (Fsp3) is 0.500. The zero-order chi connectivity index (χ0) is 14.3. The molecule has 0 aliphatic rings. The van der Waals surface area contributed by atoms with E-state index in [9.17, 15) is 9.90 Å². The number of amides is 1. The molecule has 1 aromatic carbocycles. The van der Waals surface area contributed by atoms with E-state index in [4.69, 9.17) is 5.11 Å². The van der Waals surface area contributed by atoms with Crippen molar-refractivity contribution in [1.29, 1.82) is 0 Å². The van der Waals surface area contributed by atoms with Crippen molar-refractivity contribution in [2.45, 2.75) is 25.2 Å². The van der Waals surface area contributed by atoms with Crippen LogP contribution in [0.5, 0.6) is 0 Å². The molecule has 0 aromatic heterocycles. The minimum atomic E-state index is -1.25. The second-order valence-corrected chi connectivity index (χ2v) is 5.90. The van der Waals surface area contributed by atoms with Gasteiger partial charge in [-0.15, -0.1) is 11.8 Å². The number of hydrogen-bond donors (Lipinski definition) is 3. The van der Waals surface area contributed by atoms with Gasteiger partial charge in [-0.25, -0.2) is 0 Å². The molecule has 0 spiro atoms.